The van der Waals surface area contributed by atoms with Gasteiger partial charge in [0.05, 0.1) is 23.9 Å². The number of ether oxygens (including phenoxy) is 2. The summed E-state index contributed by atoms with van der Waals surface area (Å²) in [6, 6.07) is 6.94. The minimum atomic E-state index is -4.34. The fourth-order valence-electron chi connectivity index (χ4n) is 3.22. The number of rotatable bonds is 9. The number of hydrogen-bond donors (Lipinski definition) is 1. The van der Waals surface area contributed by atoms with E-state index in [9.17, 15) is 18.0 Å². The van der Waals surface area contributed by atoms with Gasteiger partial charge < -0.3 is 14.8 Å². The molecule has 3 rings (SSSR count). The fraction of sp³-hybridized carbons (Fsp3) is 0.364. The molecule has 1 aromatic carbocycles. The molecule has 0 amide bonds. The van der Waals surface area contributed by atoms with Crippen LogP contribution in [0.1, 0.15) is 35.9 Å². The molecule has 0 unspecified atom stereocenters. The molecule has 0 saturated heterocycles. The third-order valence-corrected chi connectivity index (χ3v) is 5.28. The van der Waals surface area contributed by atoms with Crippen LogP contribution in [0.25, 0.3) is 11.3 Å². The standard InChI is InChI=1S/C22H22Cl2F3N3O3/c1-2-32-21(31)18-20(33-12-11-28-13-22(25,26)27)19(14-7-9-15(23)10-8-14)30(29-18)17-6-4-3-5-16(17)24/h3-7,9,28H,2,8,10-13H2,1H3. The molecule has 33 heavy (non-hydrogen) atoms. The lowest BCUT2D eigenvalue weighted by atomic mass is 10.0. The van der Waals surface area contributed by atoms with Crippen LogP contribution in [-0.4, -0.2) is 48.2 Å². The summed E-state index contributed by atoms with van der Waals surface area (Å²) in [4.78, 5) is 12.7. The van der Waals surface area contributed by atoms with Crippen LogP contribution in [0.4, 0.5) is 13.2 Å². The molecule has 1 aromatic heterocycles. The van der Waals surface area contributed by atoms with E-state index in [1.807, 2.05) is 0 Å². The first-order valence-electron chi connectivity index (χ1n) is 10.2. The molecule has 11 heteroatoms. The molecule has 0 saturated carbocycles. The van der Waals surface area contributed by atoms with E-state index in [2.05, 4.69) is 10.4 Å². The molecule has 0 fully saturated rings. The second-order valence-corrected chi connectivity index (χ2v) is 7.95. The lowest BCUT2D eigenvalue weighted by Crippen LogP contribution is -2.31. The summed E-state index contributed by atoms with van der Waals surface area (Å²) in [6.45, 7) is 0.390. The SMILES string of the molecule is CCOC(=O)c1nn(-c2ccccc2Cl)c(C2=CC=C(Cl)CC2)c1OCCNCC(F)(F)F. The molecule has 0 atom stereocenters. The van der Waals surface area contributed by atoms with E-state index in [1.54, 1.807) is 43.3 Å². The molecule has 2 aromatic rings. The van der Waals surface area contributed by atoms with Gasteiger partial charge in [0, 0.05) is 11.6 Å². The van der Waals surface area contributed by atoms with Crippen LogP contribution in [-0.2, 0) is 4.74 Å². The van der Waals surface area contributed by atoms with Crippen LogP contribution in [0.3, 0.4) is 0 Å². The van der Waals surface area contributed by atoms with E-state index in [0.29, 0.717) is 34.3 Å². The van der Waals surface area contributed by atoms with Crippen molar-refractivity contribution < 1.29 is 27.4 Å². The van der Waals surface area contributed by atoms with Gasteiger partial charge in [0.1, 0.15) is 12.3 Å². The summed E-state index contributed by atoms with van der Waals surface area (Å²) in [5.41, 5.74) is 1.65. The molecule has 0 bridgehead atoms. The zero-order valence-electron chi connectivity index (χ0n) is 17.7. The Bertz CT molecular complexity index is 1060. The van der Waals surface area contributed by atoms with Gasteiger partial charge >= 0.3 is 12.1 Å². The Labute approximate surface area is 198 Å². The predicted octanol–water partition coefficient (Wildman–Crippen LogP) is 5.53. The second kappa shape index (κ2) is 11.1. The number of halogens is 5. The number of nitrogens with zero attached hydrogens (tertiary/aromatic N) is 2. The van der Waals surface area contributed by atoms with Crippen molar-refractivity contribution in [3.8, 4) is 11.4 Å². The number of alkyl halides is 3. The van der Waals surface area contributed by atoms with Gasteiger partial charge in [-0.2, -0.15) is 18.3 Å². The summed E-state index contributed by atoms with van der Waals surface area (Å²) in [6.07, 6.45) is 0.302. The highest BCUT2D eigenvalue weighted by Gasteiger charge is 2.30. The molecule has 0 radical (unpaired) electrons. The highest BCUT2D eigenvalue weighted by molar-refractivity contribution is 6.32. The van der Waals surface area contributed by atoms with Gasteiger partial charge in [-0.1, -0.05) is 41.4 Å². The Morgan fingerprint density at radius 3 is 2.61 bits per heavy atom. The van der Waals surface area contributed by atoms with E-state index in [-0.39, 0.29) is 31.2 Å². The first kappa shape index (κ1) is 25.1. The van der Waals surface area contributed by atoms with Crippen LogP contribution in [0.15, 0.2) is 41.4 Å². The van der Waals surface area contributed by atoms with Crippen LogP contribution in [0, 0.1) is 0 Å². The second-order valence-electron chi connectivity index (χ2n) is 7.06. The van der Waals surface area contributed by atoms with Gasteiger partial charge in [0.15, 0.2) is 5.75 Å². The zero-order valence-corrected chi connectivity index (χ0v) is 19.2. The first-order valence-corrected chi connectivity index (χ1v) is 11.0. The van der Waals surface area contributed by atoms with Crippen molar-refractivity contribution in [1.82, 2.24) is 15.1 Å². The van der Waals surface area contributed by atoms with Crippen molar-refractivity contribution in [3.05, 3.63) is 57.9 Å². The van der Waals surface area contributed by atoms with Gasteiger partial charge in [-0.25, -0.2) is 9.48 Å². The highest BCUT2D eigenvalue weighted by atomic mass is 35.5. The minimum absolute atomic E-state index is 0.0934. The summed E-state index contributed by atoms with van der Waals surface area (Å²) in [7, 11) is 0. The van der Waals surface area contributed by atoms with Gasteiger partial charge in [-0.15, -0.1) is 0 Å². The number of nitrogens with one attached hydrogen (secondary N) is 1. The van der Waals surface area contributed by atoms with E-state index >= 15 is 0 Å². The molecule has 178 valence electrons. The maximum absolute atomic E-state index is 12.7. The lowest BCUT2D eigenvalue weighted by Gasteiger charge is -2.17. The smallest absolute Gasteiger partial charge is 0.401 e. The monoisotopic (exact) mass is 503 g/mol. The van der Waals surface area contributed by atoms with E-state index in [1.165, 1.54) is 4.68 Å². The number of aromatic nitrogens is 2. The Morgan fingerprint density at radius 1 is 1.21 bits per heavy atom. The zero-order chi connectivity index (χ0) is 24.0. The fourth-order valence-corrected chi connectivity index (χ4v) is 3.59. The van der Waals surface area contributed by atoms with E-state index < -0.39 is 18.7 Å². The molecule has 1 aliphatic carbocycles. The number of benzene rings is 1. The molecule has 0 aliphatic heterocycles. The summed E-state index contributed by atoms with van der Waals surface area (Å²) < 4.78 is 49.7. The average molecular weight is 504 g/mol. The maximum atomic E-state index is 12.7. The van der Waals surface area contributed by atoms with Crippen molar-refractivity contribution in [3.63, 3.8) is 0 Å². The van der Waals surface area contributed by atoms with Crippen LogP contribution >= 0.6 is 23.2 Å². The van der Waals surface area contributed by atoms with Gasteiger partial charge in [-0.05, 0) is 43.5 Å². The molecule has 1 aliphatic rings. The Kier molecular flexibility index (Phi) is 8.45. The molecular weight excluding hydrogens is 482 g/mol. The number of carbonyl (C=O) groups is 1. The van der Waals surface area contributed by atoms with Crippen molar-refractivity contribution in [2.75, 3.05) is 26.3 Å². The molecule has 1 N–H and O–H groups in total. The normalized spacial score (nSPS) is 14.0. The quantitative estimate of drug-likeness (QED) is 0.359. The Hall–Kier alpha value is -2.49. The third-order valence-electron chi connectivity index (χ3n) is 4.64. The van der Waals surface area contributed by atoms with Crippen molar-refractivity contribution in [1.29, 1.82) is 0 Å². The van der Waals surface area contributed by atoms with E-state index in [0.717, 1.165) is 5.57 Å². The minimum Gasteiger partial charge on any atom is -0.487 e. The number of hydrogen-bond acceptors (Lipinski definition) is 5. The van der Waals surface area contributed by atoms with Gasteiger partial charge in [-0.3, -0.25) is 0 Å². The molecular formula is C22H22Cl2F3N3O3. The van der Waals surface area contributed by atoms with Crippen LogP contribution in [0.5, 0.6) is 5.75 Å². The highest BCUT2D eigenvalue weighted by Crippen LogP contribution is 2.38. The molecule has 1 heterocycles. The third kappa shape index (κ3) is 6.52. The van der Waals surface area contributed by atoms with Crippen molar-refractivity contribution >= 4 is 34.7 Å². The Morgan fingerprint density at radius 2 is 1.97 bits per heavy atom. The summed E-state index contributed by atoms with van der Waals surface area (Å²) in [5, 5.41) is 7.76. The predicted molar refractivity (Wildman–Crippen MR) is 120 cm³/mol. The number of para-hydroxylation sites is 1. The number of allylic oxidation sites excluding steroid dienone is 4. The van der Waals surface area contributed by atoms with Crippen LogP contribution in [0.2, 0.25) is 5.02 Å². The summed E-state index contributed by atoms with van der Waals surface area (Å²) in [5.74, 6) is -0.604. The lowest BCUT2D eigenvalue weighted by molar-refractivity contribution is -0.124. The van der Waals surface area contributed by atoms with Gasteiger partial charge in [0.2, 0.25) is 5.69 Å². The molecule has 0 spiro atoms. The number of carbonyl (C=O) groups excluding carboxylic acids is 1. The van der Waals surface area contributed by atoms with Crippen molar-refractivity contribution in [2.24, 2.45) is 0 Å². The largest absolute Gasteiger partial charge is 0.487 e. The summed E-state index contributed by atoms with van der Waals surface area (Å²) >= 11 is 12.5. The Balaban J connectivity index is 2.05. The molecule has 6 nitrogen and oxygen atoms in total. The topological polar surface area (TPSA) is 65.4 Å². The maximum Gasteiger partial charge on any atom is 0.401 e. The number of esters is 1. The first-order chi connectivity index (χ1) is 15.7. The van der Waals surface area contributed by atoms with Gasteiger partial charge in [0.25, 0.3) is 0 Å². The van der Waals surface area contributed by atoms with Crippen molar-refractivity contribution in [2.45, 2.75) is 25.9 Å². The average Bonchev–Trinajstić information content (AvgIpc) is 3.13. The van der Waals surface area contributed by atoms with E-state index in [4.69, 9.17) is 32.7 Å². The van der Waals surface area contributed by atoms with Crippen LogP contribution < -0.4 is 10.1 Å².